The fourth-order valence-electron chi connectivity index (χ4n) is 2.91. The second-order valence-electron chi connectivity index (χ2n) is 6.50. The molecule has 2 saturated carbocycles. The van der Waals surface area contributed by atoms with Crippen LogP contribution in [0.4, 0.5) is 0 Å². The van der Waals surface area contributed by atoms with Crippen LogP contribution in [0, 0.1) is 11.3 Å². The minimum absolute atomic E-state index is 0.316. The number of hydrogen-bond acceptors (Lipinski definition) is 1. The Morgan fingerprint density at radius 2 is 1.95 bits per heavy atom. The van der Waals surface area contributed by atoms with Crippen LogP contribution in [0.25, 0.3) is 0 Å². The minimum Gasteiger partial charge on any atom is -0.313 e. The fourth-order valence-corrected chi connectivity index (χ4v) is 3.29. The smallest absolute Gasteiger partial charge is 0.0439 e. The molecule has 0 amide bonds. The highest BCUT2D eigenvalue weighted by Gasteiger charge is 2.42. The lowest BCUT2D eigenvalue weighted by atomic mass is 9.78. The molecule has 0 aliphatic heterocycles. The van der Waals surface area contributed by atoms with Crippen LogP contribution in [0.2, 0.25) is 10.0 Å². The Labute approximate surface area is 125 Å². The average Bonchev–Trinajstić information content (AvgIpc) is 3.24. The summed E-state index contributed by atoms with van der Waals surface area (Å²) >= 11 is 12.4. The zero-order valence-electron chi connectivity index (χ0n) is 11.4. The van der Waals surface area contributed by atoms with Crippen LogP contribution in [0.1, 0.15) is 38.2 Å². The normalized spacial score (nSPS) is 22.3. The van der Waals surface area contributed by atoms with Gasteiger partial charge >= 0.3 is 0 Å². The van der Waals surface area contributed by atoms with E-state index in [-0.39, 0.29) is 0 Å². The molecular formula is C16H21Cl2N. The monoisotopic (exact) mass is 297 g/mol. The quantitative estimate of drug-likeness (QED) is 0.802. The Morgan fingerprint density at radius 3 is 2.58 bits per heavy atom. The Morgan fingerprint density at radius 1 is 1.21 bits per heavy atom. The van der Waals surface area contributed by atoms with E-state index < -0.39 is 0 Å². The van der Waals surface area contributed by atoms with Gasteiger partial charge in [0.05, 0.1) is 0 Å². The van der Waals surface area contributed by atoms with E-state index in [1.165, 1.54) is 31.2 Å². The van der Waals surface area contributed by atoms with Crippen molar-refractivity contribution < 1.29 is 0 Å². The topological polar surface area (TPSA) is 12.0 Å². The Hall–Kier alpha value is -0.240. The first-order valence-corrected chi connectivity index (χ1v) is 8.00. The van der Waals surface area contributed by atoms with E-state index in [0.717, 1.165) is 35.0 Å². The molecule has 1 aromatic rings. The fraction of sp³-hybridized carbons (Fsp3) is 0.625. The lowest BCUT2D eigenvalue weighted by molar-refractivity contribution is 0.255. The highest BCUT2D eigenvalue weighted by atomic mass is 35.5. The number of hydrogen-bond donors (Lipinski definition) is 1. The molecule has 0 spiro atoms. The molecule has 3 heteroatoms. The van der Waals surface area contributed by atoms with Crippen molar-refractivity contribution in [3.63, 3.8) is 0 Å². The van der Waals surface area contributed by atoms with Crippen LogP contribution < -0.4 is 5.32 Å². The van der Waals surface area contributed by atoms with Crippen LogP contribution in [0.15, 0.2) is 18.2 Å². The van der Waals surface area contributed by atoms with Crippen molar-refractivity contribution in [2.45, 2.75) is 45.1 Å². The third kappa shape index (κ3) is 3.45. The Kier molecular flexibility index (Phi) is 3.81. The van der Waals surface area contributed by atoms with Gasteiger partial charge in [0, 0.05) is 22.6 Å². The summed E-state index contributed by atoms with van der Waals surface area (Å²) < 4.78 is 0. The van der Waals surface area contributed by atoms with Gasteiger partial charge in [0.25, 0.3) is 0 Å². The van der Waals surface area contributed by atoms with Gasteiger partial charge in [-0.25, -0.2) is 0 Å². The number of halogens is 2. The SMILES string of the molecule is CC(CNC1CC1)(Cc1cc(Cl)ccc1Cl)C1CC1. The second-order valence-corrected chi connectivity index (χ2v) is 7.34. The molecule has 0 saturated heterocycles. The summed E-state index contributed by atoms with van der Waals surface area (Å²) in [7, 11) is 0. The third-order valence-electron chi connectivity index (χ3n) is 4.54. The molecule has 1 aromatic carbocycles. The predicted molar refractivity (Wildman–Crippen MR) is 82.0 cm³/mol. The summed E-state index contributed by atoms with van der Waals surface area (Å²) in [5.74, 6) is 0.841. The molecule has 1 nitrogen and oxygen atoms in total. The maximum absolute atomic E-state index is 6.32. The summed E-state index contributed by atoms with van der Waals surface area (Å²) in [5, 5.41) is 5.33. The second kappa shape index (κ2) is 5.27. The molecule has 1 N–H and O–H groups in total. The molecule has 0 heterocycles. The molecule has 19 heavy (non-hydrogen) atoms. The molecule has 104 valence electrons. The first-order chi connectivity index (χ1) is 9.07. The van der Waals surface area contributed by atoms with Crippen LogP contribution in [-0.2, 0) is 6.42 Å². The van der Waals surface area contributed by atoms with Gasteiger partial charge < -0.3 is 5.32 Å². The Balaban J connectivity index is 1.73. The van der Waals surface area contributed by atoms with E-state index in [0.29, 0.717) is 5.41 Å². The van der Waals surface area contributed by atoms with E-state index >= 15 is 0 Å². The van der Waals surface area contributed by atoms with Crippen LogP contribution >= 0.6 is 23.2 Å². The lowest BCUT2D eigenvalue weighted by Crippen LogP contribution is -2.36. The maximum atomic E-state index is 6.32. The van der Waals surface area contributed by atoms with Crippen LogP contribution in [0.3, 0.4) is 0 Å². The van der Waals surface area contributed by atoms with Crippen molar-refractivity contribution >= 4 is 23.2 Å². The van der Waals surface area contributed by atoms with Crippen molar-refractivity contribution in [2.24, 2.45) is 11.3 Å². The van der Waals surface area contributed by atoms with Gasteiger partial charge in [-0.3, -0.25) is 0 Å². The van der Waals surface area contributed by atoms with Gasteiger partial charge in [0.15, 0.2) is 0 Å². The molecule has 1 unspecified atom stereocenters. The molecule has 1 atom stereocenters. The number of nitrogens with one attached hydrogen (secondary N) is 1. The predicted octanol–water partition coefficient (Wildman–Crippen LogP) is 4.70. The summed E-state index contributed by atoms with van der Waals surface area (Å²) in [5.41, 5.74) is 1.51. The summed E-state index contributed by atoms with van der Waals surface area (Å²) in [6.07, 6.45) is 6.44. The van der Waals surface area contributed by atoms with Crippen molar-refractivity contribution in [1.29, 1.82) is 0 Å². The zero-order valence-corrected chi connectivity index (χ0v) is 12.9. The van der Waals surface area contributed by atoms with Crippen molar-refractivity contribution in [2.75, 3.05) is 6.54 Å². The zero-order chi connectivity index (χ0) is 13.5. The van der Waals surface area contributed by atoms with Gasteiger partial charge in [-0.05, 0) is 67.2 Å². The molecule has 0 aromatic heterocycles. The lowest BCUT2D eigenvalue weighted by Gasteiger charge is -2.31. The van der Waals surface area contributed by atoms with Crippen LogP contribution in [-0.4, -0.2) is 12.6 Å². The van der Waals surface area contributed by atoms with Crippen molar-refractivity contribution in [3.8, 4) is 0 Å². The molecule has 3 rings (SSSR count). The molecule has 2 aliphatic carbocycles. The average molecular weight is 298 g/mol. The van der Waals surface area contributed by atoms with E-state index in [9.17, 15) is 0 Å². The molecule has 0 bridgehead atoms. The van der Waals surface area contributed by atoms with Gasteiger partial charge in [-0.2, -0.15) is 0 Å². The molecule has 2 aliphatic rings. The van der Waals surface area contributed by atoms with Gasteiger partial charge in [-0.15, -0.1) is 0 Å². The van der Waals surface area contributed by atoms with Crippen molar-refractivity contribution in [1.82, 2.24) is 5.32 Å². The van der Waals surface area contributed by atoms with Gasteiger partial charge in [0.1, 0.15) is 0 Å². The first-order valence-electron chi connectivity index (χ1n) is 7.24. The maximum Gasteiger partial charge on any atom is 0.0439 e. The number of benzene rings is 1. The summed E-state index contributed by atoms with van der Waals surface area (Å²) in [6.45, 7) is 3.50. The van der Waals surface area contributed by atoms with Crippen LogP contribution in [0.5, 0.6) is 0 Å². The number of rotatable bonds is 6. The van der Waals surface area contributed by atoms with E-state index in [1.807, 2.05) is 18.2 Å². The van der Waals surface area contributed by atoms with E-state index in [2.05, 4.69) is 12.2 Å². The van der Waals surface area contributed by atoms with Crippen molar-refractivity contribution in [3.05, 3.63) is 33.8 Å². The summed E-state index contributed by atoms with van der Waals surface area (Å²) in [4.78, 5) is 0. The first kappa shape index (κ1) is 13.7. The van der Waals surface area contributed by atoms with E-state index in [4.69, 9.17) is 23.2 Å². The van der Waals surface area contributed by atoms with E-state index in [1.54, 1.807) is 0 Å². The highest BCUT2D eigenvalue weighted by molar-refractivity contribution is 6.33. The summed E-state index contributed by atoms with van der Waals surface area (Å²) in [6, 6.07) is 6.58. The highest BCUT2D eigenvalue weighted by Crippen LogP contribution is 2.48. The molecule has 0 radical (unpaired) electrons. The Bertz CT molecular complexity index is 466. The molecular weight excluding hydrogens is 277 g/mol. The standard InChI is InChI=1S/C16H21Cl2N/c1-16(12-2-3-12,10-19-14-5-6-14)9-11-8-13(17)4-7-15(11)18/h4,7-8,12,14,19H,2-3,5-6,9-10H2,1H3. The minimum atomic E-state index is 0.316. The van der Waals surface area contributed by atoms with Gasteiger partial charge in [0.2, 0.25) is 0 Å². The largest absolute Gasteiger partial charge is 0.313 e. The van der Waals surface area contributed by atoms with Gasteiger partial charge in [-0.1, -0.05) is 30.1 Å². The molecule has 2 fully saturated rings. The third-order valence-corrected chi connectivity index (χ3v) is 5.14.